The summed E-state index contributed by atoms with van der Waals surface area (Å²) in [5.41, 5.74) is 0. The van der Waals surface area contributed by atoms with Crippen molar-refractivity contribution >= 4 is 11.9 Å². The van der Waals surface area contributed by atoms with Crippen molar-refractivity contribution in [1.82, 2.24) is 0 Å². The first-order valence-electron chi connectivity index (χ1n) is 33.7. The number of hydrogen-bond donors (Lipinski definition) is 1. The lowest BCUT2D eigenvalue weighted by molar-refractivity contribution is -0.161. The third-order valence-electron chi connectivity index (χ3n) is 14.0. The van der Waals surface area contributed by atoms with Gasteiger partial charge in [-0.25, -0.2) is 0 Å². The second kappa shape index (κ2) is 70.5. The molecule has 0 aliphatic rings. The molecule has 0 saturated carbocycles. The molecule has 1 N–H and O–H groups in total. The zero-order chi connectivity index (χ0) is 59.1. The highest BCUT2D eigenvalue weighted by atomic mass is 16.6. The van der Waals surface area contributed by atoms with Crippen LogP contribution >= 0.6 is 0 Å². The SMILES string of the molecule is CC/C=C\C/C=C\C/C=C\C/C=C\C/C=C\C/C=C\C/C=C\C/C=C\C/C=C\CCCCCCCCCCCCCC(=O)OC(CO)COC(=O)CCCCCCCCCCCCCCC/C=C\C/C=C\C/C=C\C/C=C\C/C=C\CC. The number of hydrogen-bond acceptors (Lipinski definition) is 5. The van der Waals surface area contributed by atoms with Crippen LogP contribution in [-0.4, -0.2) is 36.4 Å². The number of aliphatic hydroxyl groups is 1. The molecule has 0 aliphatic heterocycles. The smallest absolute Gasteiger partial charge is 0.306 e. The molecule has 5 nitrogen and oxygen atoms in total. The molecule has 0 spiro atoms. The van der Waals surface area contributed by atoms with Gasteiger partial charge in [-0.05, 0) is 128 Å². The van der Waals surface area contributed by atoms with Crippen molar-refractivity contribution in [2.75, 3.05) is 13.2 Å². The maximum atomic E-state index is 12.4. The van der Waals surface area contributed by atoms with E-state index in [-0.39, 0.29) is 25.2 Å². The summed E-state index contributed by atoms with van der Waals surface area (Å²) in [5, 5.41) is 9.70. The molecule has 1 atom stereocenters. The van der Waals surface area contributed by atoms with Gasteiger partial charge in [-0.3, -0.25) is 9.59 Å². The van der Waals surface area contributed by atoms with Gasteiger partial charge in [0.15, 0.2) is 6.10 Å². The van der Waals surface area contributed by atoms with Gasteiger partial charge in [-0.1, -0.05) is 312 Å². The first-order chi connectivity index (χ1) is 40.6. The Hall–Kier alpha value is -4.74. The minimum Gasteiger partial charge on any atom is -0.462 e. The molecule has 462 valence electrons. The summed E-state index contributed by atoms with van der Waals surface area (Å²) in [5.74, 6) is -0.599. The minimum absolute atomic E-state index is 0.0756. The van der Waals surface area contributed by atoms with E-state index in [4.69, 9.17) is 9.47 Å². The van der Waals surface area contributed by atoms with Crippen LogP contribution in [0.2, 0.25) is 0 Å². The van der Waals surface area contributed by atoms with Gasteiger partial charge in [0.05, 0.1) is 6.61 Å². The number of carbonyl (C=O) groups is 2. The van der Waals surface area contributed by atoms with Crippen LogP contribution in [-0.2, 0) is 19.1 Å². The summed E-state index contributed by atoms with van der Waals surface area (Å²) in [6.07, 6.45) is 109. The maximum Gasteiger partial charge on any atom is 0.306 e. The number of aliphatic hydroxyl groups excluding tert-OH is 1. The van der Waals surface area contributed by atoms with Gasteiger partial charge >= 0.3 is 11.9 Å². The molecule has 0 aromatic heterocycles. The standard InChI is InChI=1S/C77H124O5/c1-3-5-7-9-11-13-15-17-19-21-23-25-27-29-31-33-34-35-36-37-38-39-40-41-42-44-46-48-50-52-54-56-58-60-62-64-66-68-70-72-77(80)82-75(73-78)74-81-76(79)71-69-67-65-63-61-59-57-55-53-51-49-47-45-43-32-30-28-26-24-22-20-18-16-14-12-10-8-6-4-2/h5-8,11-14,17-20,23-26,29-32,34-35,37-38,40-41,44,46,75,78H,3-4,9-10,15-16,21-22,27-28,33,36,39,42-43,45,47-74H2,1-2H3/b7-5-,8-6-,13-11-,14-12-,19-17-,20-18-,25-23-,26-24-,31-29-,32-30-,35-34-,38-37-,41-40-,46-44-. The predicted molar refractivity (Wildman–Crippen MR) is 361 cm³/mol. The molecular formula is C77H124O5. The van der Waals surface area contributed by atoms with Gasteiger partial charge in [-0.15, -0.1) is 0 Å². The average Bonchev–Trinajstić information content (AvgIpc) is 3.49. The van der Waals surface area contributed by atoms with Gasteiger partial charge < -0.3 is 14.6 Å². The van der Waals surface area contributed by atoms with Gasteiger partial charge in [-0.2, -0.15) is 0 Å². The third-order valence-corrected chi connectivity index (χ3v) is 14.0. The summed E-state index contributed by atoms with van der Waals surface area (Å²) in [4.78, 5) is 24.6. The molecule has 0 saturated heterocycles. The topological polar surface area (TPSA) is 72.8 Å². The van der Waals surface area contributed by atoms with E-state index in [1.54, 1.807) is 0 Å². The molecule has 0 heterocycles. The van der Waals surface area contributed by atoms with Crippen LogP contribution in [0.25, 0.3) is 0 Å². The van der Waals surface area contributed by atoms with Crippen LogP contribution in [0, 0.1) is 0 Å². The lowest BCUT2D eigenvalue weighted by atomic mass is 10.0. The molecule has 0 amide bonds. The lowest BCUT2D eigenvalue weighted by Crippen LogP contribution is -2.28. The van der Waals surface area contributed by atoms with Crippen molar-refractivity contribution in [2.45, 2.75) is 290 Å². The molecule has 0 radical (unpaired) electrons. The van der Waals surface area contributed by atoms with E-state index in [1.807, 2.05) is 0 Å². The monoisotopic (exact) mass is 1130 g/mol. The zero-order valence-corrected chi connectivity index (χ0v) is 52.9. The number of allylic oxidation sites excluding steroid dienone is 28. The fourth-order valence-corrected chi connectivity index (χ4v) is 9.05. The Labute approximate surface area is 506 Å². The molecular weight excluding hydrogens is 1000 g/mol. The van der Waals surface area contributed by atoms with E-state index in [1.165, 1.54) is 128 Å². The highest BCUT2D eigenvalue weighted by Crippen LogP contribution is 2.16. The van der Waals surface area contributed by atoms with Crippen LogP contribution in [0.1, 0.15) is 284 Å². The maximum absolute atomic E-state index is 12.4. The molecule has 5 heteroatoms. The Morgan fingerprint density at radius 1 is 0.280 bits per heavy atom. The Bertz CT molecular complexity index is 1810. The molecule has 0 aromatic rings. The first kappa shape index (κ1) is 77.3. The highest BCUT2D eigenvalue weighted by molar-refractivity contribution is 5.70. The Morgan fingerprint density at radius 2 is 0.488 bits per heavy atom. The van der Waals surface area contributed by atoms with Crippen molar-refractivity contribution in [3.8, 4) is 0 Å². The lowest BCUT2D eigenvalue weighted by Gasteiger charge is -2.15. The fourth-order valence-electron chi connectivity index (χ4n) is 9.05. The predicted octanol–water partition coefficient (Wildman–Crippen LogP) is 23.6. The van der Waals surface area contributed by atoms with Crippen LogP contribution in [0.15, 0.2) is 170 Å². The van der Waals surface area contributed by atoms with Crippen LogP contribution in [0.3, 0.4) is 0 Å². The second-order valence-electron chi connectivity index (χ2n) is 21.8. The molecule has 0 fully saturated rings. The second-order valence-corrected chi connectivity index (χ2v) is 21.8. The van der Waals surface area contributed by atoms with Crippen molar-refractivity contribution < 1.29 is 24.2 Å². The number of carbonyl (C=O) groups excluding carboxylic acids is 2. The van der Waals surface area contributed by atoms with Crippen LogP contribution in [0.5, 0.6) is 0 Å². The summed E-state index contributed by atoms with van der Waals surface area (Å²) in [7, 11) is 0. The number of unbranched alkanes of at least 4 members (excludes halogenated alkanes) is 24. The molecule has 1 unspecified atom stereocenters. The molecule has 0 bridgehead atoms. The molecule has 0 aromatic carbocycles. The quantitative estimate of drug-likeness (QED) is 0.0373. The Kier molecular flexibility index (Phi) is 66.4. The van der Waals surface area contributed by atoms with Crippen molar-refractivity contribution in [3.63, 3.8) is 0 Å². The number of ether oxygens (including phenoxy) is 2. The van der Waals surface area contributed by atoms with E-state index in [0.29, 0.717) is 12.8 Å². The summed E-state index contributed by atoms with van der Waals surface area (Å²) >= 11 is 0. The minimum atomic E-state index is -0.787. The fraction of sp³-hybridized carbons (Fsp3) is 0.610. The third kappa shape index (κ3) is 67.8. The van der Waals surface area contributed by atoms with Crippen molar-refractivity contribution in [2.24, 2.45) is 0 Å². The normalized spacial score (nSPS) is 13.4. The number of esters is 2. The van der Waals surface area contributed by atoms with E-state index in [9.17, 15) is 14.7 Å². The first-order valence-corrected chi connectivity index (χ1v) is 33.7. The average molecular weight is 1130 g/mol. The summed E-state index contributed by atoms with van der Waals surface area (Å²) in [6.45, 7) is 3.92. The van der Waals surface area contributed by atoms with Crippen LogP contribution < -0.4 is 0 Å². The van der Waals surface area contributed by atoms with E-state index in [2.05, 4.69) is 184 Å². The highest BCUT2D eigenvalue weighted by Gasteiger charge is 2.16. The zero-order valence-electron chi connectivity index (χ0n) is 52.9. The Morgan fingerprint density at radius 3 is 0.732 bits per heavy atom. The molecule has 82 heavy (non-hydrogen) atoms. The van der Waals surface area contributed by atoms with E-state index >= 15 is 0 Å². The van der Waals surface area contributed by atoms with Crippen molar-refractivity contribution in [1.29, 1.82) is 0 Å². The van der Waals surface area contributed by atoms with Crippen molar-refractivity contribution in [3.05, 3.63) is 170 Å². The number of rotatable bonds is 60. The van der Waals surface area contributed by atoms with Gasteiger partial charge in [0.25, 0.3) is 0 Å². The van der Waals surface area contributed by atoms with Gasteiger partial charge in [0, 0.05) is 12.8 Å². The summed E-state index contributed by atoms with van der Waals surface area (Å²) in [6, 6.07) is 0. The van der Waals surface area contributed by atoms with Crippen LogP contribution in [0.4, 0.5) is 0 Å². The van der Waals surface area contributed by atoms with Gasteiger partial charge in [0.1, 0.15) is 6.61 Å². The summed E-state index contributed by atoms with van der Waals surface area (Å²) < 4.78 is 10.7. The largest absolute Gasteiger partial charge is 0.462 e. The van der Waals surface area contributed by atoms with E-state index < -0.39 is 6.10 Å². The molecule has 0 rings (SSSR count). The van der Waals surface area contributed by atoms with E-state index in [0.717, 1.165) is 128 Å². The Balaban J connectivity index is 3.55. The molecule has 0 aliphatic carbocycles. The van der Waals surface area contributed by atoms with Gasteiger partial charge in [0.2, 0.25) is 0 Å².